The van der Waals surface area contributed by atoms with Gasteiger partial charge in [0.05, 0.1) is 0 Å². The standard InChI is InChI=1S/C22H26N2O2/c1-15-13-16(2)20(17(3)14-15)23-21(25)18-9-11-24(12-10-18)22(26)19-7-5-4-6-8-19/h4-8,13-14,18H,9-12H2,1-3H3,(H,23,25). The summed E-state index contributed by atoms with van der Waals surface area (Å²) in [6, 6.07) is 13.5. The number of hydrogen-bond donors (Lipinski definition) is 1. The van der Waals surface area contributed by atoms with Gasteiger partial charge < -0.3 is 10.2 Å². The highest BCUT2D eigenvalue weighted by atomic mass is 16.2. The van der Waals surface area contributed by atoms with E-state index in [1.807, 2.05) is 49.1 Å². The molecular weight excluding hydrogens is 324 g/mol. The summed E-state index contributed by atoms with van der Waals surface area (Å²) in [6.45, 7) is 7.36. The van der Waals surface area contributed by atoms with Gasteiger partial charge >= 0.3 is 0 Å². The van der Waals surface area contributed by atoms with Crippen LogP contribution in [-0.4, -0.2) is 29.8 Å². The smallest absolute Gasteiger partial charge is 0.253 e. The number of rotatable bonds is 3. The Balaban J connectivity index is 1.60. The number of nitrogens with zero attached hydrogens (tertiary/aromatic N) is 1. The largest absolute Gasteiger partial charge is 0.339 e. The summed E-state index contributed by atoms with van der Waals surface area (Å²) in [7, 11) is 0. The van der Waals surface area contributed by atoms with E-state index in [1.54, 1.807) is 0 Å². The van der Waals surface area contributed by atoms with Crippen molar-refractivity contribution in [1.29, 1.82) is 0 Å². The normalized spacial score (nSPS) is 15.0. The SMILES string of the molecule is Cc1cc(C)c(NC(=O)C2CCN(C(=O)c3ccccc3)CC2)c(C)c1. The number of anilines is 1. The van der Waals surface area contributed by atoms with Gasteiger partial charge in [0.15, 0.2) is 0 Å². The van der Waals surface area contributed by atoms with Gasteiger partial charge in [0, 0.05) is 30.3 Å². The zero-order chi connectivity index (χ0) is 18.7. The minimum absolute atomic E-state index is 0.0464. The van der Waals surface area contributed by atoms with Crippen LogP contribution < -0.4 is 5.32 Å². The van der Waals surface area contributed by atoms with Gasteiger partial charge in [-0.1, -0.05) is 35.9 Å². The van der Waals surface area contributed by atoms with E-state index in [2.05, 4.69) is 24.4 Å². The predicted octanol–water partition coefficient (Wildman–Crippen LogP) is 4.10. The van der Waals surface area contributed by atoms with E-state index in [1.165, 1.54) is 5.56 Å². The third-order valence-electron chi connectivity index (χ3n) is 5.10. The lowest BCUT2D eigenvalue weighted by Gasteiger charge is -2.31. The van der Waals surface area contributed by atoms with Crippen LogP contribution in [0.1, 0.15) is 39.9 Å². The molecule has 136 valence electrons. The molecule has 0 aliphatic carbocycles. The Morgan fingerprint density at radius 2 is 1.54 bits per heavy atom. The Hall–Kier alpha value is -2.62. The van der Waals surface area contributed by atoms with Crippen LogP contribution in [0, 0.1) is 26.7 Å². The number of carbonyl (C=O) groups is 2. The molecule has 1 aliphatic rings. The van der Waals surface area contributed by atoms with E-state index in [-0.39, 0.29) is 17.7 Å². The Bertz CT molecular complexity index is 783. The summed E-state index contributed by atoms with van der Waals surface area (Å²) in [5, 5.41) is 3.11. The van der Waals surface area contributed by atoms with Crippen LogP contribution in [0.25, 0.3) is 0 Å². The van der Waals surface area contributed by atoms with Crippen molar-refractivity contribution in [2.24, 2.45) is 5.92 Å². The molecule has 2 aromatic carbocycles. The molecule has 0 radical (unpaired) electrons. The maximum absolute atomic E-state index is 12.7. The minimum atomic E-state index is -0.0464. The Labute approximate surface area is 155 Å². The molecule has 26 heavy (non-hydrogen) atoms. The summed E-state index contributed by atoms with van der Waals surface area (Å²) in [5.74, 6) is 0.0662. The Morgan fingerprint density at radius 3 is 2.12 bits per heavy atom. The van der Waals surface area contributed by atoms with Crippen molar-refractivity contribution in [1.82, 2.24) is 4.90 Å². The Morgan fingerprint density at radius 1 is 0.962 bits per heavy atom. The molecular formula is C22H26N2O2. The Kier molecular flexibility index (Phi) is 5.40. The number of piperidine rings is 1. The van der Waals surface area contributed by atoms with Crippen molar-refractivity contribution < 1.29 is 9.59 Å². The van der Waals surface area contributed by atoms with Crippen molar-refractivity contribution in [3.8, 4) is 0 Å². The van der Waals surface area contributed by atoms with Gasteiger partial charge in [-0.05, 0) is 56.9 Å². The number of hydrogen-bond acceptors (Lipinski definition) is 2. The molecule has 1 heterocycles. The lowest BCUT2D eigenvalue weighted by molar-refractivity contribution is -0.121. The van der Waals surface area contributed by atoms with Gasteiger partial charge in [-0.25, -0.2) is 0 Å². The summed E-state index contributed by atoms with van der Waals surface area (Å²) < 4.78 is 0. The van der Waals surface area contributed by atoms with E-state index in [0.717, 1.165) is 16.8 Å². The molecule has 0 unspecified atom stereocenters. The molecule has 2 aromatic rings. The first-order valence-corrected chi connectivity index (χ1v) is 9.18. The highest BCUT2D eigenvalue weighted by molar-refractivity contribution is 5.96. The maximum atomic E-state index is 12.7. The third kappa shape index (κ3) is 3.96. The lowest BCUT2D eigenvalue weighted by atomic mass is 9.94. The van der Waals surface area contributed by atoms with Crippen LogP contribution in [-0.2, 0) is 4.79 Å². The van der Waals surface area contributed by atoms with Gasteiger partial charge in [-0.3, -0.25) is 9.59 Å². The van der Waals surface area contributed by atoms with Gasteiger partial charge in [0.1, 0.15) is 0 Å². The second-order valence-electron chi connectivity index (χ2n) is 7.20. The fourth-order valence-corrected chi connectivity index (χ4v) is 3.71. The van der Waals surface area contributed by atoms with Crippen LogP contribution >= 0.6 is 0 Å². The molecule has 1 saturated heterocycles. The van der Waals surface area contributed by atoms with E-state index in [4.69, 9.17) is 0 Å². The summed E-state index contributed by atoms with van der Waals surface area (Å²) >= 11 is 0. The minimum Gasteiger partial charge on any atom is -0.339 e. The molecule has 2 amide bonds. The molecule has 4 heteroatoms. The zero-order valence-corrected chi connectivity index (χ0v) is 15.7. The average molecular weight is 350 g/mol. The highest BCUT2D eigenvalue weighted by Gasteiger charge is 2.28. The molecule has 4 nitrogen and oxygen atoms in total. The van der Waals surface area contributed by atoms with E-state index in [0.29, 0.717) is 31.5 Å². The third-order valence-corrected chi connectivity index (χ3v) is 5.10. The number of amides is 2. The van der Waals surface area contributed by atoms with E-state index < -0.39 is 0 Å². The molecule has 0 bridgehead atoms. The summed E-state index contributed by atoms with van der Waals surface area (Å²) in [6.07, 6.45) is 1.41. The fourth-order valence-electron chi connectivity index (χ4n) is 3.71. The van der Waals surface area contributed by atoms with Crippen LogP contribution in [0.15, 0.2) is 42.5 Å². The first-order valence-electron chi connectivity index (χ1n) is 9.18. The summed E-state index contributed by atoms with van der Waals surface area (Å²) in [4.78, 5) is 27.1. The van der Waals surface area contributed by atoms with Gasteiger partial charge in [-0.2, -0.15) is 0 Å². The summed E-state index contributed by atoms with van der Waals surface area (Å²) in [5.41, 5.74) is 5.01. The van der Waals surface area contributed by atoms with Crippen LogP contribution in [0.4, 0.5) is 5.69 Å². The number of benzene rings is 2. The number of aryl methyl sites for hydroxylation is 3. The quantitative estimate of drug-likeness (QED) is 0.906. The van der Waals surface area contributed by atoms with Gasteiger partial charge in [-0.15, -0.1) is 0 Å². The van der Waals surface area contributed by atoms with Crippen molar-refractivity contribution in [3.63, 3.8) is 0 Å². The zero-order valence-electron chi connectivity index (χ0n) is 15.7. The molecule has 0 aromatic heterocycles. The highest BCUT2D eigenvalue weighted by Crippen LogP contribution is 2.25. The average Bonchev–Trinajstić information content (AvgIpc) is 2.64. The topological polar surface area (TPSA) is 49.4 Å². The number of nitrogens with one attached hydrogen (secondary N) is 1. The molecule has 0 saturated carbocycles. The molecule has 1 fully saturated rings. The number of likely N-dealkylation sites (tertiary alicyclic amines) is 1. The molecule has 0 spiro atoms. The monoisotopic (exact) mass is 350 g/mol. The van der Waals surface area contributed by atoms with Crippen molar-refractivity contribution in [3.05, 3.63) is 64.7 Å². The predicted molar refractivity (Wildman–Crippen MR) is 104 cm³/mol. The van der Waals surface area contributed by atoms with Gasteiger partial charge in [0.2, 0.25) is 5.91 Å². The first kappa shape index (κ1) is 18.2. The van der Waals surface area contributed by atoms with E-state index >= 15 is 0 Å². The molecule has 1 N–H and O–H groups in total. The number of carbonyl (C=O) groups excluding carboxylic acids is 2. The second-order valence-corrected chi connectivity index (χ2v) is 7.20. The van der Waals surface area contributed by atoms with Crippen LogP contribution in [0.5, 0.6) is 0 Å². The second kappa shape index (κ2) is 7.73. The molecule has 0 atom stereocenters. The van der Waals surface area contributed by atoms with Crippen LogP contribution in [0.3, 0.4) is 0 Å². The fraction of sp³-hybridized carbons (Fsp3) is 0.364. The van der Waals surface area contributed by atoms with Crippen LogP contribution in [0.2, 0.25) is 0 Å². The van der Waals surface area contributed by atoms with Crippen molar-refractivity contribution in [2.45, 2.75) is 33.6 Å². The lowest BCUT2D eigenvalue weighted by Crippen LogP contribution is -2.41. The van der Waals surface area contributed by atoms with Crippen molar-refractivity contribution >= 4 is 17.5 Å². The molecule has 3 rings (SSSR count). The maximum Gasteiger partial charge on any atom is 0.253 e. The first-order chi connectivity index (χ1) is 12.5. The van der Waals surface area contributed by atoms with Crippen molar-refractivity contribution in [2.75, 3.05) is 18.4 Å². The van der Waals surface area contributed by atoms with E-state index in [9.17, 15) is 9.59 Å². The molecule has 1 aliphatic heterocycles. The van der Waals surface area contributed by atoms with Gasteiger partial charge in [0.25, 0.3) is 5.91 Å².